The molecule has 1 aromatic carbocycles. The van der Waals surface area contributed by atoms with Crippen molar-refractivity contribution in [2.24, 2.45) is 0 Å². The zero-order chi connectivity index (χ0) is 13.3. The van der Waals surface area contributed by atoms with Crippen molar-refractivity contribution in [2.45, 2.75) is 25.4 Å². The van der Waals surface area contributed by atoms with Crippen LogP contribution in [0.2, 0.25) is 5.02 Å². The Hall–Kier alpha value is -1.26. The Morgan fingerprint density at radius 1 is 1.56 bits per heavy atom. The highest BCUT2D eigenvalue weighted by Crippen LogP contribution is 2.32. The molecule has 0 saturated carbocycles. The highest BCUT2D eigenvalue weighted by Gasteiger charge is 2.40. The van der Waals surface area contributed by atoms with Crippen LogP contribution in [-0.4, -0.2) is 25.2 Å². The molecule has 1 aliphatic rings. The minimum absolute atomic E-state index is 0.0889. The van der Waals surface area contributed by atoms with Crippen LogP contribution in [0.1, 0.15) is 19.8 Å². The lowest BCUT2D eigenvalue weighted by Gasteiger charge is -2.29. The fraction of sp³-hybridized carbons (Fsp3) is 0.462. The highest BCUT2D eigenvalue weighted by atomic mass is 35.5. The number of carbonyl (C=O) groups is 1. The molecule has 1 unspecified atom stereocenters. The molecule has 1 atom stereocenters. The van der Waals surface area contributed by atoms with Crippen molar-refractivity contribution >= 4 is 28.9 Å². The van der Waals surface area contributed by atoms with Crippen molar-refractivity contribution in [3.05, 3.63) is 23.2 Å². The summed E-state index contributed by atoms with van der Waals surface area (Å²) in [5, 5.41) is 0.552. The van der Waals surface area contributed by atoms with Crippen LogP contribution in [0.4, 0.5) is 11.4 Å². The van der Waals surface area contributed by atoms with Gasteiger partial charge in [0.2, 0.25) is 0 Å². The summed E-state index contributed by atoms with van der Waals surface area (Å²) >= 11 is 5.94. The van der Waals surface area contributed by atoms with Gasteiger partial charge in [-0.25, -0.2) is 0 Å². The monoisotopic (exact) mass is 268 g/mol. The Morgan fingerprint density at radius 2 is 2.28 bits per heavy atom. The third kappa shape index (κ3) is 2.31. The van der Waals surface area contributed by atoms with Gasteiger partial charge in [-0.3, -0.25) is 4.79 Å². The van der Waals surface area contributed by atoms with Crippen LogP contribution in [0, 0.1) is 0 Å². The summed E-state index contributed by atoms with van der Waals surface area (Å²) in [7, 11) is 1.69. The number of nitrogens with two attached hydrogens (primary N) is 1. The van der Waals surface area contributed by atoms with Crippen LogP contribution < -0.4 is 10.6 Å². The van der Waals surface area contributed by atoms with Gasteiger partial charge in [0.05, 0.1) is 11.4 Å². The predicted octanol–water partition coefficient (Wildman–Crippen LogP) is 2.45. The lowest BCUT2D eigenvalue weighted by Crippen LogP contribution is -2.45. The predicted molar refractivity (Wildman–Crippen MR) is 72.9 cm³/mol. The van der Waals surface area contributed by atoms with Gasteiger partial charge in [0.25, 0.3) is 5.91 Å². The van der Waals surface area contributed by atoms with E-state index in [2.05, 4.69) is 0 Å². The second-order valence-electron chi connectivity index (χ2n) is 4.75. The van der Waals surface area contributed by atoms with Crippen molar-refractivity contribution in [1.82, 2.24) is 0 Å². The van der Waals surface area contributed by atoms with E-state index in [0.717, 1.165) is 12.8 Å². The average molecular weight is 269 g/mol. The highest BCUT2D eigenvalue weighted by molar-refractivity contribution is 6.31. The molecule has 2 rings (SSSR count). The normalized spacial score (nSPS) is 23.1. The zero-order valence-corrected chi connectivity index (χ0v) is 11.3. The molecule has 1 aromatic rings. The minimum atomic E-state index is -0.747. The smallest absolute Gasteiger partial charge is 0.258 e. The van der Waals surface area contributed by atoms with E-state index < -0.39 is 5.60 Å². The number of benzene rings is 1. The molecule has 0 radical (unpaired) electrons. The van der Waals surface area contributed by atoms with Gasteiger partial charge < -0.3 is 15.4 Å². The van der Waals surface area contributed by atoms with Crippen LogP contribution in [0.15, 0.2) is 18.2 Å². The standard InChI is InChI=1S/C13H17ClN2O2/c1-13(6-3-7-18-13)12(17)16(2)11-8-9(14)4-5-10(11)15/h4-5,8H,3,6-7,15H2,1-2H3. The Bertz CT molecular complexity index is 470. The molecule has 0 spiro atoms. The Morgan fingerprint density at radius 3 is 2.89 bits per heavy atom. The zero-order valence-electron chi connectivity index (χ0n) is 10.6. The van der Waals surface area contributed by atoms with E-state index in [1.165, 1.54) is 4.90 Å². The van der Waals surface area contributed by atoms with E-state index >= 15 is 0 Å². The van der Waals surface area contributed by atoms with Gasteiger partial charge in [-0.15, -0.1) is 0 Å². The molecule has 2 N–H and O–H groups in total. The summed E-state index contributed by atoms with van der Waals surface area (Å²) in [4.78, 5) is 14.0. The second-order valence-corrected chi connectivity index (χ2v) is 5.19. The number of ether oxygens (including phenoxy) is 1. The summed E-state index contributed by atoms with van der Waals surface area (Å²) in [6.45, 7) is 2.45. The van der Waals surface area contributed by atoms with Gasteiger partial charge in [-0.2, -0.15) is 0 Å². The third-order valence-corrected chi connectivity index (χ3v) is 3.56. The first kappa shape index (κ1) is 13.2. The topological polar surface area (TPSA) is 55.6 Å². The minimum Gasteiger partial charge on any atom is -0.397 e. The van der Waals surface area contributed by atoms with Crippen LogP contribution in [0.25, 0.3) is 0 Å². The van der Waals surface area contributed by atoms with Gasteiger partial charge >= 0.3 is 0 Å². The first-order chi connectivity index (χ1) is 8.44. The number of nitrogen functional groups attached to an aromatic ring is 1. The average Bonchev–Trinajstić information content (AvgIpc) is 2.79. The van der Waals surface area contributed by atoms with Gasteiger partial charge in [-0.05, 0) is 38.0 Å². The number of likely N-dealkylation sites (N-methyl/N-ethyl adjacent to an activating group) is 1. The molecule has 1 saturated heterocycles. The van der Waals surface area contributed by atoms with E-state index in [-0.39, 0.29) is 5.91 Å². The maximum Gasteiger partial charge on any atom is 0.258 e. The first-order valence-corrected chi connectivity index (χ1v) is 6.29. The largest absolute Gasteiger partial charge is 0.397 e. The second kappa shape index (κ2) is 4.78. The van der Waals surface area contributed by atoms with Gasteiger partial charge in [0.1, 0.15) is 5.60 Å². The third-order valence-electron chi connectivity index (χ3n) is 3.33. The number of hydrogen-bond donors (Lipinski definition) is 1. The Kier molecular flexibility index (Phi) is 3.50. The summed E-state index contributed by atoms with van der Waals surface area (Å²) < 4.78 is 5.55. The van der Waals surface area contributed by atoms with Gasteiger partial charge in [0, 0.05) is 18.7 Å². The summed E-state index contributed by atoms with van der Waals surface area (Å²) in [5.41, 5.74) is 6.27. The van der Waals surface area contributed by atoms with Crippen LogP contribution in [-0.2, 0) is 9.53 Å². The van der Waals surface area contributed by atoms with E-state index in [4.69, 9.17) is 22.1 Å². The van der Waals surface area contributed by atoms with E-state index in [1.54, 1.807) is 25.2 Å². The molecular weight excluding hydrogens is 252 g/mol. The van der Waals surface area contributed by atoms with Crippen molar-refractivity contribution in [1.29, 1.82) is 0 Å². The van der Waals surface area contributed by atoms with E-state index in [0.29, 0.717) is 23.0 Å². The van der Waals surface area contributed by atoms with Gasteiger partial charge in [-0.1, -0.05) is 11.6 Å². The number of halogens is 1. The molecular formula is C13H17ClN2O2. The lowest BCUT2D eigenvalue weighted by molar-refractivity contribution is -0.136. The van der Waals surface area contributed by atoms with Crippen LogP contribution >= 0.6 is 11.6 Å². The van der Waals surface area contributed by atoms with Crippen molar-refractivity contribution in [2.75, 3.05) is 24.3 Å². The first-order valence-electron chi connectivity index (χ1n) is 5.91. The maximum absolute atomic E-state index is 12.4. The number of carbonyl (C=O) groups excluding carboxylic acids is 1. The van der Waals surface area contributed by atoms with E-state index in [9.17, 15) is 4.79 Å². The number of amides is 1. The molecule has 18 heavy (non-hydrogen) atoms. The summed E-state index contributed by atoms with van der Waals surface area (Å²) in [6.07, 6.45) is 1.64. The summed E-state index contributed by atoms with van der Waals surface area (Å²) in [6, 6.07) is 5.08. The molecule has 0 aliphatic carbocycles. The number of nitrogens with zero attached hydrogens (tertiary/aromatic N) is 1. The number of anilines is 2. The van der Waals surface area contributed by atoms with Crippen LogP contribution in [0.5, 0.6) is 0 Å². The quantitative estimate of drug-likeness (QED) is 0.839. The molecule has 98 valence electrons. The van der Waals surface area contributed by atoms with Crippen LogP contribution in [0.3, 0.4) is 0 Å². The fourth-order valence-electron chi connectivity index (χ4n) is 2.22. The molecule has 1 fully saturated rings. The van der Waals surface area contributed by atoms with E-state index in [1.807, 2.05) is 6.92 Å². The maximum atomic E-state index is 12.4. The molecule has 1 aliphatic heterocycles. The lowest BCUT2D eigenvalue weighted by atomic mass is 10.0. The van der Waals surface area contributed by atoms with Gasteiger partial charge in [0.15, 0.2) is 0 Å². The molecule has 5 heteroatoms. The fourth-order valence-corrected chi connectivity index (χ4v) is 2.39. The number of hydrogen-bond acceptors (Lipinski definition) is 3. The Labute approximate surface area is 112 Å². The molecule has 1 heterocycles. The Balaban J connectivity index is 2.28. The molecule has 1 amide bonds. The molecule has 0 aromatic heterocycles. The van der Waals surface area contributed by atoms with Crippen molar-refractivity contribution < 1.29 is 9.53 Å². The summed E-state index contributed by atoms with van der Waals surface area (Å²) in [5.74, 6) is -0.0889. The van der Waals surface area contributed by atoms with Crippen molar-refractivity contribution in [3.8, 4) is 0 Å². The SMILES string of the molecule is CN(C(=O)C1(C)CCCO1)c1cc(Cl)ccc1N. The number of rotatable bonds is 2. The van der Waals surface area contributed by atoms with Crippen molar-refractivity contribution in [3.63, 3.8) is 0 Å². The molecule has 4 nitrogen and oxygen atoms in total. The molecule has 0 bridgehead atoms.